The number of halogens is 4. The van der Waals surface area contributed by atoms with Crippen molar-refractivity contribution in [2.45, 2.75) is 0 Å². The van der Waals surface area contributed by atoms with Crippen molar-refractivity contribution in [3.63, 3.8) is 0 Å². The standard InChI is InChI=1S/C13H7Cl2F2NO/c14-7-4-5-11(10(17)6-7)18-13(19)12-8(15)2-1-3-9(12)16/h1-6H,(H,18,19). The molecule has 1 amide bonds. The summed E-state index contributed by atoms with van der Waals surface area (Å²) in [6.07, 6.45) is 0. The van der Waals surface area contributed by atoms with E-state index in [1.807, 2.05) is 0 Å². The Labute approximate surface area is 118 Å². The Morgan fingerprint density at radius 3 is 2.42 bits per heavy atom. The lowest BCUT2D eigenvalue weighted by Gasteiger charge is -2.08. The maximum atomic E-state index is 13.5. The van der Waals surface area contributed by atoms with E-state index in [1.165, 1.54) is 24.3 Å². The van der Waals surface area contributed by atoms with E-state index in [9.17, 15) is 13.6 Å². The smallest absolute Gasteiger partial charge is 0.260 e. The summed E-state index contributed by atoms with van der Waals surface area (Å²) in [5.41, 5.74) is -0.438. The van der Waals surface area contributed by atoms with Gasteiger partial charge in [-0.2, -0.15) is 0 Å². The molecule has 0 aliphatic rings. The molecule has 0 unspecified atom stereocenters. The summed E-state index contributed by atoms with van der Waals surface area (Å²) in [6, 6.07) is 7.57. The van der Waals surface area contributed by atoms with Gasteiger partial charge in [-0.3, -0.25) is 4.79 Å². The van der Waals surface area contributed by atoms with Gasteiger partial charge in [0.15, 0.2) is 0 Å². The van der Waals surface area contributed by atoms with E-state index in [0.29, 0.717) is 0 Å². The number of amides is 1. The normalized spacial score (nSPS) is 10.3. The first kappa shape index (κ1) is 13.8. The van der Waals surface area contributed by atoms with Crippen molar-refractivity contribution in [2.75, 3.05) is 5.32 Å². The molecule has 0 aliphatic carbocycles. The Morgan fingerprint density at radius 1 is 1.05 bits per heavy atom. The number of rotatable bonds is 2. The fourth-order valence-corrected chi connectivity index (χ4v) is 1.90. The molecule has 0 aliphatic heterocycles. The lowest BCUT2D eigenvalue weighted by atomic mass is 10.2. The number of carbonyl (C=O) groups excluding carboxylic acids is 1. The molecule has 6 heteroatoms. The maximum absolute atomic E-state index is 13.5. The lowest BCUT2D eigenvalue weighted by molar-refractivity contribution is 0.102. The summed E-state index contributed by atoms with van der Waals surface area (Å²) in [6.45, 7) is 0. The first-order chi connectivity index (χ1) is 8.99. The van der Waals surface area contributed by atoms with Gasteiger partial charge in [0.25, 0.3) is 5.91 Å². The Morgan fingerprint density at radius 2 is 1.79 bits per heavy atom. The van der Waals surface area contributed by atoms with Crippen LogP contribution < -0.4 is 5.32 Å². The van der Waals surface area contributed by atoms with Crippen LogP contribution in [0.3, 0.4) is 0 Å². The SMILES string of the molecule is O=C(Nc1ccc(Cl)cc1F)c1c(F)cccc1Cl. The third kappa shape index (κ3) is 3.03. The molecule has 2 nitrogen and oxygen atoms in total. The Balaban J connectivity index is 2.31. The van der Waals surface area contributed by atoms with Crippen LogP contribution in [0.2, 0.25) is 10.0 Å². The zero-order chi connectivity index (χ0) is 14.0. The second-order valence-electron chi connectivity index (χ2n) is 3.67. The zero-order valence-electron chi connectivity index (χ0n) is 9.38. The van der Waals surface area contributed by atoms with Crippen molar-refractivity contribution in [2.24, 2.45) is 0 Å². The quantitative estimate of drug-likeness (QED) is 0.868. The van der Waals surface area contributed by atoms with E-state index in [0.717, 1.165) is 12.1 Å². The van der Waals surface area contributed by atoms with E-state index < -0.39 is 17.5 Å². The molecule has 19 heavy (non-hydrogen) atoms. The third-order valence-electron chi connectivity index (χ3n) is 2.37. The van der Waals surface area contributed by atoms with Crippen LogP contribution in [0.5, 0.6) is 0 Å². The summed E-state index contributed by atoms with van der Waals surface area (Å²) in [4.78, 5) is 11.9. The Hall–Kier alpha value is -1.65. The Kier molecular flexibility index (Phi) is 4.02. The summed E-state index contributed by atoms with van der Waals surface area (Å²) >= 11 is 11.3. The van der Waals surface area contributed by atoms with Crippen LogP contribution in [0.4, 0.5) is 14.5 Å². The van der Waals surface area contributed by atoms with Crippen molar-refractivity contribution in [1.82, 2.24) is 0 Å². The zero-order valence-corrected chi connectivity index (χ0v) is 10.9. The molecule has 0 atom stereocenters. The van der Waals surface area contributed by atoms with Crippen LogP contribution in [-0.4, -0.2) is 5.91 Å². The maximum Gasteiger partial charge on any atom is 0.260 e. The van der Waals surface area contributed by atoms with E-state index in [2.05, 4.69) is 5.32 Å². The molecule has 2 rings (SSSR count). The van der Waals surface area contributed by atoms with Crippen LogP contribution in [-0.2, 0) is 0 Å². The van der Waals surface area contributed by atoms with Gasteiger partial charge in [-0.15, -0.1) is 0 Å². The van der Waals surface area contributed by atoms with Gasteiger partial charge in [-0.05, 0) is 30.3 Å². The van der Waals surface area contributed by atoms with Gasteiger partial charge in [0.2, 0.25) is 0 Å². The number of nitrogens with one attached hydrogen (secondary N) is 1. The Bertz CT molecular complexity index is 626. The molecule has 0 fully saturated rings. The van der Waals surface area contributed by atoms with Gasteiger partial charge in [0, 0.05) is 5.02 Å². The van der Waals surface area contributed by atoms with Gasteiger partial charge in [0.1, 0.15) is 11.6 Å². The monoisotopic (exact) mass is 301 g/mol. The predicted octanol–water partition coefficient (Wildman–Crippen LogP) is 4.52. The molecule has 0 radical (unpaired) electrons. The minimum absolute atomic E-state index is 0.0492. The summed E-state index contributed by atoms with van der Waals surface area (Å²) in [7, 11) is 0. The highest BCUT2D eigenvalue weighted by Gasteiger charge is 2.17. The molecule has 0 saturated carbocycles. The molecule has 0 heterocycles. The van der Waals surface area contributed by atoms with Gasteiger partial charge in [0.05, 0.1) is 16.3 Å². The average molecular weight is 302 g/mol. The number of benzene rings is 2. The molecule has 2 aromatic rings. The van der Waals surface area contributed by atoms with Crippen LogP contribution >= 0.6 is 23.2 Å². The molecule has 2 aromatic carbocycles. The van der Waals surface area contributed by atoms with E-state index in [4.69, 9.17) is 23.2 Å². The summed E-state index contributed by atoms with van der Waals surface area (Å²) in [5, 5.41) is 2.38. The van der Waals surface area contributed by atoms with Gasteiger partial charge >= 0.3 is 0 Å². The van der Waals surface area contributed by atoms with Crippen molar-refractivity contribution in [3.8, 4) is 0 Å². The third-order valence-corrected chi connectivity index (χ3v) is 2.92. The van der Waals surface area contributed by atoms with Gasteiger partial charge < -0.3 is 5.32 Å². The van der Waals surface area contributed by atoms with E-state index in [1.54, 1.807) is 0 Å². The number of carbonyl (C=O) groups is 1. The fourth-order valence-electron chi connectivity index (χ4n) is 1.49. The number of anilines is 1. The first-order valence-electron chi connectivity index (χ1n) is 5.19. The first-order valence-corrected chi connectivity index (χ1v) is 5.95. The highest BCUT2D eigenvalue weighted by molar-refractivity contribution is 6.34. The molecule has 0 bridgehead atoms. The topological polar surface area (TPSA) is 29.1 Å². The van der Waals surface area contributed by atoms with Crippen molar-refractivity contribution in [1.29, 1.82) is 0 Å². The van der Waals surface area contributed by atoms with Crippen LogP contribution in [0.1, 0.15) is 10.4 Å². The molecule has 0 saturated heterocycles. The summed E-state index contributed by atoms with van der Waals surface area (Å²) in [5.74, 6) is -2.32. The molecule has 0 spiro atoms. The highest BCUT2D eigenvalue weighted by Crippen LogP contribution is 2.23. The fraction of sp³-hybridized carbons (Fsp3) is 0. The van der Waals surface area contributed by atoms with E-state index >= 15 is 0 Å². The largest absolute Gasteiger partial charge is 0.319 e. The molecule has 98 valence electrons. The van der Waals surface area contributed by atoms with E-state index in [-0.39, 0.29) is 21.3 Å². The van der Waals surface area contributed by atoms with Crippen molar-refractivity contribution >= 4 is 34.8 Å². The number of hydrogen-bond donors (Lipinski definition) is 1. The second-order valence-corrected chi connectivity index (χ2v) is 4.52. The second kappa shape index (κ2) is 5.55. The van der Waals surface area contributed by atoms with Gasteiger partial charge in [-0.1, -0.05) is 29.3 Å². The van der Waals surface area contributed by atoms with Crippen LogP contribution in [0.25, 0.3) is 0 Å². The average Bonchev–Trinajstić information content (AvgIpc) is 2.32. The predicted molar refractivity (Wildman–Crippen MR) is 70.8 cm³/mol. The number of hydrogen-bond acceptors (Lipinski definition) is 1. The highest BCUT2D eigenvalue weighted by atomic mass is 35.5. The minimum Gasteiger partial charge on any atom is -0.319 e. The lowest BCUT2D eigenvalue weighted by Crippen LogP contribution is -2.15. The molecular formula is C13H7Cl2F2NO. The van der Waals surface area contributed by atoms with Crippen molar-refractivity contribution < 1.29 is 13.6 Å². The van der Waals surface area contributed by atoms with Crippen molar-refractivity contribution in [3.05, 3.63) is 63.6 Å². The van der Waals surface area contributed by atoms with Gasteiger partial charge in [-0.25, -0.2) is 8.78 Å². The molecular weight excluding hydrogens is 295 g/mol. The van der Waals surface area contributed by atoms with Crippen LogP contribution in [0, 0.1) is 11.6 Å². The molecule has 1 N–H and O–H groups in total. The van der Waals surface area contributed by atoms with Crippen LogP contribution in [0.15, 0.2) is 36.4 Å². The molecule has 0 aromatic heterocycles. The minimum atomic E-state index is -0.829. The summed E-state index contributed by atoms with van der Waals surface area (Å²) < 4.78 is 27.0.